The van der Waals surface area contributed by atoms with Crippen molar-refractivity contribution in [3.05, 3.63) is 62.9 Å². The van der Waals surface area contributed by atoms with E-state index in [4.69, 9.17) is 4.42 Å². The van der Waals surface area contributed by atoms with Crippen molar-refractivity contribution in [3.63, 3.8) is 0 Å². The van der Waals surface area contributed by atoms with Gasteiger partial charge in [0.05, 0.1) is 27.7 Å². The first-order valence-electron chi connectivity index (χ1n) is 9.34. The van der Waals surface area contributed by atoms with Gasteiger partial charge in [-0.15, -0.1) is 0 Å². The molecule has 0 radical (unpaired) electrons. The molecule has 1 aliphatic carbocycles. The van der Waals surface area contributed by atoms with Gasteiger partial charge in [0.25, 0.3) is 10.0 Å². The lowest BCUT2D eigenvalue weighted by molar-refractivity contribution is -0.385. The Morgan fingerprint density at radius 1 is 1.23 bits per heavy atom. The van der Waals surface area contributed by atoms with E-state index in [1.54, 1.807) is 12.1 Å². The maximum atomic E-state index is 12.4. The van der Waals surface area contributed by atoms with Crippen molar-refractivity contribution in [2.24, 2.45) is 5.10 Å². The highest BCUT2D eigenvalue weighted by Crippen LogP contribution is 2.41. The zero-order chi connectivity index (χ0) is 21.5. The third-order valence-electron chi connectivity index (χ3n) is 5.13. The van der Waals surface area contributed by atoms with E-state index in [1.165, 1.54) is 18.2 Å². The summed E-state index contributed by atoms with van der Waals surface area (Å²) >= 11 is 0. The number of furan rings is 1. The van der Waals surface area contributed by atoms with Crippen LogP contribution >= 0.6 is 0 Å². The molecule has 1 aromatic heterocycles. The predicted molar refractivity (Wildman–Crippen MR) is 110 cm³/mol. The zero-order valence-electron chi connectivity index (χ0n) is 16.1. The van der Waals surface area contributed by atoms with Crippen molar-refractivity contribution in [2.45, 2.75) is 37.5 Å². The van der Waals surface area contributed by atoms with Crippen LogP contribution in [0.25, 0.3) is 11.0 Å². The molecule has 4 rings (SSSR count). The van der Waals surface area contributed by atoms with Gasteiger partial charge >= 0.3 is 5.69 Å². The quantitative estimate of drug-likeness (QED) is 0.362. The number of nitrogens with one attached hydrogen (secondary N) is 1. The van der Waals surface area contributed by atoms with E-state index in [1.807, 2.05) is 6.92 Å². The SMILES string of the molecule is Cc1ccc(S(=O)(=O)NN=Cc2c(O)c([N+](=O)[O-])cc3oc4c(c23)CCCC4)cc1. The molecule has 0 saturated heterocycles. The molecule has 1 aliphatic rings. The maximum absolute atomic E-state index is 12.4. The van der Waals surface area contributed by atoms with Crippen molar-refractivity contribution in [3.8, 4) is 5.75 Å². The molecule has 0 atom stereocenters. The van der Waals surface area contributed by atoms with Crippen LogP contribution in [0, 0.1) is 17.0 Å². The lowest BCUT2D eigenvalue weighted by atomic mass is 9.93. The number of sulfonamides is 1. The molecule has 0 fully saturated rings. The molecule has 1 heterocycles. The van der Waals surface area contributed by atoms with Crippen LogP contribution in [0.5, 0.6) is 5.75 Å². The minimum absolute atomic E-state index is 0.0272. The molecule has 2 aromatic carbocycles. The second-order valence-corrected chi connectivity index (χ2v) is 8.83. The van der Waals surface area contributed by atoms with Gasteiger partial charge in [0.2, 0.25) is 5.75 Å². The molecule has 10 heteroatoms. The Labute approximate surface area is 172 Å². The number of hydrogen-bond donors (Lipinski definition) is 2. The number of nitro benzene ring substituents is 1. The molecule has 3 aromatic rings. The van der Waals surface area contributed by atoms with Crippen LogP contribution in [-0.2, 0) is 22.9 Å². The summed E-state index contributed by atoms with van der Waals surface area (Å²) in [6.45, 7) is 1.84. The van der Waals surface area contributed by atoms with E-state index < -0.39 is 26.4 Å². The molecule has 0 unspecified atom stereocenters. The summed E-state index contributed by atoms with van der Waals surface area (Å²) in [6, 6.07) is 7.40. The van der Waals surface area contributed by atoms with Crippen molar-refractivity contribution in [2.75, 3.05) is 0 Å². The number of rotatable bonds is 5. The van der Waals surface area contributed by atoms with E-state index >= 15 is 0 Å². The lowest BCUT2D eigenvalue weighted by Gasteiger charge is -2.10. The van der Waals surface area contributed by atoms with Crippen LogP contribution in [0.1, 0.15) is 35.3 Å². The number of fused-ring (bicyclic) bond motifs is 3. The lowest BCUT2D eigenvalue weighted by Crippen LogP contribution is -2.18. The number of phenols is 1. The molecule has 0 amide bonds. The summed E-state index contributed by atoms with van der Waals surface area (Å²) in [5, 5.41) is 26.1. The Morgan fingerprint density at radius 3 is 2.63 bits per heavy atom. The monoisotopic (exact) mass is 429 g/mol. The molecule has 156 valence electrons. The Balaban J connectivity index is 1.77. The molecule has 30 heavy (non-hydrogen) atoms. The predicted octanol–water partition coefficient (Wildman–Crippen LogP) is 3.55. The highest BCUT2D eigenvalue weighted by Gasteiger charge is 2.27. The molecular weight excluding hydrogens is 410 g/mol. The van der Waals surface area contributed by atoms with E-state index in [0.29, 0.717) is 18.2 Å². The average Bonchev–Trinajstić information content (AvgIpc) is 3.08. The van der Waals surface area contributed by atoms with Crippen LogP contribution in [0.3, 0.4) is 0 Å². The Bertz CT molecular complexity index is 1280. The van der Waals surface area contributed by atoms with E-state index in [0.717, 1.165) is 35.9 Å². The standard InChI is InChI=1S/C20H19N3O6S/c1-12-6-8-13(9-7-12)30(27,28)22-21-11-15-19-14-4-2-3-5-17(14)29-18(19)10-16(20(15)24)23(25)26/h6-11,22,24H,2-5H2,1H3. The summed E-state index contributed by atoms with van der Waals surface area (Å²) < 4.78 is 30.6. The zero-order valence-corrected chi connectivity index (χ0v) is 16.9. The minimum atomic E-state index is -3.93. The Morgan fingerprint density at radius 2 is 1.93 bits per heavy atom. The van der Waals surface area contributed by atoms with Crippen LogP contribution in [0.2, 0.25) is 0 Å². The Kier molecular flexibility index (Phi) is 4.94. The molecule has 0 bridgehead atoms. The Hall–Kier alpha value is -3.40. The number of benzene rings is 2. The molecule has 0 aliphatic heterocycles. The van der Waals surface area contributed by atoms with Gasteiger partial charge in [0, 0.05) is 17.4 Å². The van der Waals surface area contributed by atoms with Gasteiger partial charge < -0.3 is 9.52 Å². The number of aromatic hydroxyl groups is 1. The van der Waals surface area contributed by atoms with Gasteiger partial charge in [-0.05, 0) is 38.3 Å². The van der Waals surface area contributed by atoms with Gasteiger partial charge in [0.15, 0.2) is 0 Å². The first-order valence-corrected chi connectivity index (χ1v) is 10.8. The fraction of sp³-hybridized carbons (Fsp3) is 0.250. The van der Waals surface area contributed by atoms with Gasteiger partial charge in [-0.3, -0.25) is 10.1 Å². The van der Waals surface area contributed by atoms with Crippen LogP contribution in [-0.4, -0.2) is 24.7 Å². The summed E-state index contributed by atoms with van der Waals surface area (Å²) in [6.07, 6.45) is 4.36. The fourth-order valence-electron chi connectivity index (χ4n) is 3.63. The minimum Gasteiger partial charge on any atom is -0.502 e. The van der Waals surface area contributed by atoms with Crippen LogP contribution in [0.4, 0.5) is 5.69 Å². The van der Waals surface area contributed by atoms with Crippen molar-refractivity contribution in [1.29, 1.82) is 0 Å². The topological polar surface area (TPSA) is 135 Å². The van der Waals surface area contributed by atoms with E-state index in [2.05, 4.69) is 9.93 Å². The summed E-state index contributed by atoms with van der Waals surface area (Å²) in [5.41, 5.74) is 1.57. The van der Waals surface area contributed by atoms with Crippen molar-refractivity contribution in [1.82, 2.24) is 4.83 Å². The smallest absolute Gasteiger partial charge is 0.315 e. The third-order valence-corrected chi connectivity index (χ3v) is 6.37. The normalized spacial score (nSPS) is 14.2. The summed E-state index contributed by atoms with van der Waals surface area (Å²) in [5.74, 6) is 0.144. The number of phenolic OH excluding ortho intramolecular Hbond substituents is 1. The number of hydrogen-bond acceptors (Lipinski definition) is 7. The second-order valence-electron chi connectivity index (χ2n) is 7.17. The fourth-order valence-corrected chi connectivity index (χ4v) is 4.42. The number of hydrazone groups is 1. The average molecular weight is 429 g/mol. The van der Waals surface area contributed by atoms with Crippen molar-refractivity contribution >= 4 is 32.9 Å². The van der Waals surface area contributed by atoms with Gasteiger partial charge in [0.1, 0.15) is 11.3 Å². The van der Waals surface area contributed by atoms with Crippen LogP contribution < -0.4 is 4.83 Å². The third kappa shape index (κ3) is 3.50. The number of aryl methyl sites for hydroxylation is 3. The number of nitro groups is 1. The van der Waals surface area contributed by atoms with Gasteiger partial charge in [-0.1, -0.05) is 17.7 Å². The van der Waals surface area contributed by atoms with Gasteiger partial charge in [-0.2, -0.15) is 13.5 Å². The van der Waals surface area contributed by atoms with E-state index in [9.17, 15) is 23.6 Å². The largest absolute Gasteiger partial charge is 0.502 e. The van der Waals surface area contributed by atoms with Crippen molar-refractivity contribution < 1.29 is 22.9 Å². The molecule has 0 saturated carbocycles. The molecular formula is C20H19N3O6S. The molecule has 9 nitrogen and oxygen atoms in total. The van der Waals surface area contributed by atoms with Crippen LogP contribution in [0.15, 0.2) is 44.7 Å². The molecule has 0 spiro atoms. The number of nitrogens with zero attached hydrogens (tertiary/aromatic N) is 2. The highest BCUT2D eigenvalue weighted by molar-refractivity contribution is 7.89. The van der Waals surface area contributed by atoms with Gasteiger partial charge in [-0.25, -0.2) is 4.83 Å². The second kappa shape index (κ2) is 7.45. The molecule has 2 N–H and O–H groups in total. The first-order chi connectivity index (χ1) is 14.3. The summed E-state index contributed by atoms with van der Waals surface area (Å²) in [7, 11) is -3.93. The summed E-state index contributed by atoms with van der Waals surface area (Å²) in [4.78, 5) is 12.7. The first kappa shape index (κ1) is 19.9. The maximum Gasteiger partial charge on any atom is 0.315 e. The highest BCUT2D eigenvalue weighted by atomic mass is 32.2. The van der Waals surface area contributed by atoms with E-state index in [-0.39, 0.29) is 16.0 Å².